The smallest absolute Gasteiger partial charge is 0.306 e. The molecular weight excluding hydrogens is 379 g/mol. The summed E-state index contributed by atoms with van der Waals surface area (Å²) in [6.45, 7) is 0. The number of hydrogen-bond acceptors (Lipinski definition) is 3. The Kier molecular flexibility index (Phi) is 5.62. The molecule has 4 rings (SSSR count). The van der Waals surface area contributed by atoms with E-state index in [1.165, 1.54) is 0 Å². The summed E-state index contributed by atoms with van der Waals surface area (Å²) in [5.74, 6) is 0.491. The number of aliphatic hydroxyl groups excluding tert-OH is 1. The molecule has 0 fully saturated rings. The van der Waals surface area contributed by atoms with Gasteiger partial charge in [0.2, 0.25) is 0 Å². The topological polar surface area (TPSA) is 46.5 Å². The molecule has 0 aliphatic carbocycles. The quantitative estimate of drug-likeness (QED) is 0.460. The van der Waals surface area contributed by atoms with Gasteiger partial charge in [-0.15, -0.1) is 0 Å². The van der Waals surface area contributed by atoms with Gasteiger partial charge in [-0.25, -0.2) is 0 Å². The van der Waals surface area contributed by atoms with Crippen LogP contribution in [-0.4, -0.2) is 5.11 Å². The highest BCUT2D eigenvalue weighted by Crippen LogP contribution is 2.45. The lowest BCUT2D eigenvalue weighted by Gasteiger charge is -2.21. The van der Waals surface area contributed by atoms with Crippen LogP contribution in [0.1, 0.15) is 17.2 Å². The second kappa shape index (κ2) is 8.48. The molecule has 4 aromatic rings. The van der Waals surface area contributed by atoms with Crippen molar-refractivity contribution in [3.8, 4) is 5.75 Å². The summed E-state index contributed by atoms with van der Waals surface area (Å²) in [5.41, 5.74) is 1.57. The van der Waals surface area contributed by atoms with Crippen LogP contribution in [0.15, 0.2) is 115 Å². The second-order valence-corrected chi connectivity index (χ2v) is 9.01. The number of hydrogen-bond donors (Lipinski definition) is 1. The summed E-state index contributed by atoms with van der Waals surface area (Å²) in [4.78, 5) is 0. The van der Waals surface area contributed by atoms with Crippen LogP contribution in [0.5, 0.6) is 5.75 Å². The van der Waals surface area contributed by atoms with E-state index < -0.39 is 13.5 Å². The molecule has 0 bridgehead atoms. The first kappa shape index (κ1) is 19.2. The fraction of sp³-hybridized carbons (Fsp3) is 0.0400. The largest absolute Gasteiger partial charge is 0.437 e. The minimum absolute atomic E-state index is 0.491. The Bertz CT molecular complexity index is 1050. The lowest BCUT2D eigenvalue weighted by molar-refractivity contribution is 0.220. The zero-order chi connectivity index (χ0) is 20.1. The molecular formula is C25H21O3P. The molecule has 4 aromatic carbocycles. The van der Waals surface area contributed by atoms with E-state index in [1.807, 2.05) is 91.0 Å². The van der Waals surface area contributed by atoms with Crippen molar-refractivity contribution in [2.45, 2.75) is 6.10 Å². The minimum Gasteiger partial charge on any atom is -0.437 e. The van der Waals surface area contributed by atoms with Crippen LogP contribution >= 0.6 is 7.37 Å². The van der Waals surface area contributed by atoms with Crippen molar-refractivity contribution in [1.29, 1.82) is 0 Å². The van der Waals surface area contributed by atoms with E-state index in [-0.39, 0.29) is 0 Å². The van der Waals surface area contributed by atoms with Gasteiger partial charge in [-0.05, 0) is 47.5 Å². The second-order valence-electron chi connectivity index (χ2n) is 6.70. The average Bonchev–Trinajstić information content (AvgIpc) is 2.81. The third-order valence-corrected chi connectivity index (χ3v) is 7.16. The SMILES string of the molecule is O=P(Oc1ccc(C(O)c2ccccc2)cc1)(c1ccccc1)c1ccccc1. The molecule has 1 N–H and O–H groups in total. The molecule has 0 aliphatic heterocycles. The maximum atomic E-state index is 14.0. The molecule has 0 saturated heterocycles. The normalized spacial score (nSPS) is 12.3. The standard InChI is InChI=1S/C25H21O3P/c26-25(20-10-4-1-5-11-20)21-16-18-22(19-17-21)28-29(27,23-12-6-2-7-13-23)24-14-8-3-9-15-24/h1-19,25-26H. The van der Waals surface area contributed by atoms with Gasteiger partial charge in [0.1, 0.15) is 11.9 Å². The Hall–Kier alpha value is -3.13. The molecule has 29 heavy (non-hydrogen) atoms. The first-order chi connectivity index (χ1) is 14.2. The van der Waals surface area contributed by atoms with E-state index in [0.717, 1.165) is 11.1 Å². The predicted octanol–water partition coefficient (Wildman–Crippen LogP) is 5.08. The minimum atomic E-state index is -3.31. The van der Waals surface area contributed by atoms with Gasteiger partial charge in [-0.1, -0.05) is 78.9 Å². The highest BCUT2D eigenvalue weighted by molar-refractivity contribution is 7.74. The van der Waals surface area contributed by atoms with Gasteiger partial charge in [0.05, 0.1) is 10.6 Å². The summed E-state index contributed by atoms with van der Waals surface area (Å²) < 4.78 is 20.0. The summed E-state index contributed by atoms with van der Waals surface area (Å²) in [6, 6.07) is 35.0. The van der Waals surface area contributed by atoms with E-state index in [4.69, 9.17) is 4.52 Å². The maximum absolute atomic E-state index is 14.0. The van der Waals surface area contributed by atoms with Crippen LogP contribution in [0.25, 0.3) is 0 Å². The fourth-order valence-electron chi connectivity index (χ4n) is 3.19. The predicted molar refractivity (Wildman–Crippen MR) is 117 cm³/mol. The lowest BCUT2D eigenvalue weighted by Crippen LogP contribution is -2.20. The van der Waals surface area contributed by atoms with Crippen LogP contribution in [0.3, 0.4) is 0 Å². The van der Waals surface area contributed by atoms with Crippen molar-refractivity contribution in [2.75, 3.05) is 0 Å². The molecule has 0 heterocycles. The van der Waals surface area contributed by atoms with Crippen molar-refractivity contribution in [2.24, 2.45) is 0 Å². The molecule has 0 amide bonds. The zero-order valence-electron chi connectivity index (χ0n) is 15.8. The van der Waals surface area contributed by atoms with Crippen molar-refractivity contribution in [3.05, 3.63) is 126 Å². The number of aliphatic hydroxyl groups is 1. The monoisotopic (exact) mass is 400 g/mol. The molecule has 0 aliphatic rings. The van der Waals surface area contributed by atoms with Gasteiger partial charge in [0.15, 0.2) is 0 Å². The highest BCUT2D eigenvalue weighted by Gasteiger charge is 2.30. The van der Waals surface area contributed by atoms with Gasteiger partial charge in [0.25, 0.3) is 0 Å². The fourth-order valence-corrected chi connectivity index (χ4v) is 5.25. The number of benzene rings is 4. The van der Waals surface area contributed by atoms with Crippen molar-refractivity contribution < 1.29 is 14.2 Å². The van der Waals surface area contributed by atoms with Gasteiger partial charge in [0, 0.05) is 0 Å². The first-order valence-corrected chi connectivity index (χ1v) is 11.0. The Morgan fingerprint density at radius 2 is 1.00 bits per heavy atom. The molecule has 144 valence electrons. The van der Waals surface area contributed by atoms with Crippen molar-refractivity contribution in [3.63, 3.8) is 0 Å². The molecule has 4 heteroatoms. The number of rotatable bonds is 6. The van der Waals surface area contributed by atoms with Gasteiger partial charge >= 0.3 is 7.37 Å². The molecule has 0 saturated carbocycles. The average molecular weight is 400 g/mol. The van der Waals surface area contributed by atoms with E-state index in [2.05, 4.69) is 0 Å². The molecule has 3 nitrogen and oxygen atoms in total. The van der Waals surface area contributed by atoms with Crippen molar-refractivity contribution >= 4 is 18.0 Å². The Labute approximate surface area is 170 Å². The summed E-state index contributed by atoms with van der Waals surface area (Å²) in [6.07, 6.45) is -0.722. The lowest BCUT2D eigenvalue weighted by atomic mass is 10.0. The van der Waals surface area contributed by atoms with Gasteiger partial charge < -0.3 is 9.63 Å². The Morgan fingerprint density at radius 3 is 1.48 bits per heavy atom. The molecule has 1 atom stereocenters. The van der Waals surface area contributed by atoms with Crippen molar-refractivity contribution in [1.82, 2.24) is 0 Å². The van der Waals surface area contributed by atoms with Crippen LogP contribution in [-0.2, 0) is 4.57 Å². The Morgan fingerprint density at radius 1 is 0.586 bits per heavy atom. The zero-order valence-corrected chi connectivity index (χ0v) is 16.7. The van der Waals surface area contributed by atoms with Crippen LogP contribution in [0, 0.1) is 0 Å². The highest BCUT2D eigenvalue weighted by atomic mass is 31.2. The van der Waals surface area contributed by atoms with E-state index in [9.17, 15) is 9.67 Å². The summed E-state index contributed by atoms with van der Waals surface area (Å²) >= 11 is 0. The maximum Gasteiger partial charge on any atom is 0.306 e. The van der Waals surface area contributed by atoms with E-state index in [1.54, 1.807) is 24.3 Å². The molecule has 0 spiro atoms. The molecule has 1 unspecified atom stereocenters. The summed E-state index contributed by atoms with van der Waals surface area (Å²) in [7, 11) is -3.31. The Balaban J connectivity index is 1.64. The van der Waals surface area contributed by atoms with E-state index >= 15 is 0 Å². The summed E-state index contributed by atoms with van der Waals surface area (Å²) in [5, 5.41) is 11.9. The van der Waals surface area contributed by atoms with Gasteiger partial charge in [-0.3, -0.25) is 4.57 Å². The van der Waals surface area contributed by atoms with Crippen LogP contribution in [0.4, 0.5) is 0 Å². The first-order valence-electron chi connectivity index (χ1n) is 9.41. The third-order valence-electron chi connectivity index (χ3n) is 4.74. The third kappa shape index (κ3) is 4.17. The van der Waals surface area contributed by atoms with Crippen LogP contribution in [0.2, 0.25) is 0 Å². The van der Waals surface area contributed by atoms with Gasteiger partial charge in [-0.2, -0.15) is 0 Å². The van der Waals surface area contributed by atoms with E-state index in [0.29, 0.717) is 16.4 Å². The molecule has 0 radical (unpaired) electrons. The van der Waals surface area contributed by atoms with Crippen LogP contribution < -0.4 is 15.1 Å². The molecule has 0 aromatic heterocycles.